The maximum atomic E-state index is 11.7. The normalized spacial score (nSPS) is 11.7. The molecule has 0 spiro atoms. The highest BCUT2D eigenvalue weighted by Gasteiger charge is 2.25. The number of nitrogens with zero attached hydrogens (tertiary/aromatic N) is 1. The summed E-state index contributed by atoms with van der Waals surface area (Å²) in [5.74, 6) is -0.102. The van der Waals surface area contributed by atoms with Crippen molar-refractivity contribution in [2.75, 3.05) is 0 Å². The molecule has 0 aliphatic rings. The van der Waals surface area contributed by atoms with Gasteiger partial charge in [-0.05, 0) is 34.9 Å². The highest BCUT2D eigenvalue weighted by Crippen LogP contribution is 2.42. The van der Waals surface area contributed by atoms with Crippen molar-refractivity contribution in [1.82, 2.24) is 0 Å². The van der Waals surface area contributed by atoms with Gasteiger partial charge in [-0.2, -0.15) is 0 Å². The van der Waals surface area contributed by atoms with Gasteiger partial charge in [-0.3, -0.25) is 10.1 Å². The fourth-order valence-electron chi connectivity index (χ4n) is 3.05. The molecule has 3 rings (SSSR count). The maximum Gasteiger partial charge on any atom is 0.278 e. The van der Waals surface area contributed by atoms with Crippen LogP contribution in [-0.4, -0.2) is 10.0 Å². The van der Waals surface area contributed by atoms with Crippen molar-refractivity contribution in [2.45, 2.75) is 5.92 Å². The van der Waals surface area contributed by atoms with E-state index in [1.165, 1.54) is 18.2 Å². The van der Waals surface area contributed by atoms with E-state index in [0.29, 0.717) is 15.6 Å². The topological polar surface area (TPSA) is 63.4 Å². The molecule has 0 aromatic heterocycles. The van der Waals surface area contributed by atoms with Gasteiger partial charge in [0.2, 0.25) is 0 Å². The maximum absolute atomic E-state index is 11.7. The Morgan fingerprint density at radius 3 is 2.31 bits per heavy atom. The molecule has 4 nitrogen and oxygen atoms in total. The predicted octanol–water partition coefficient (Wildman–Crippen LogP) is 6.05. The van der Waals surface area contributed by atoms with Gasteiger partial charge in [0.15, 0.2) is 0 Å². The van der Waals surface area contributed by atoms with Crippen LogP contribution in [0.4, 0.5) is 5.69 Å². The standard InChI is InChI=1S/C21H16BrNO3/c1-2-18(14-6-4-3-5-7-14)19-12-16(22)13-20(23(25)26)21(19)15-8-10-17(24)11-9-15/h2-13,18,24H,1H2. The van der Waals surface area contributed by atoms with Gasteiger partial charge in [0.1, 0.15) is 5.75 Å². The van der Waals surface area contributed by atoms with Gasteiger partial charge < -0.3 is 5.11 Å². The molecule has 1 N–H and O–H groups in total. The van der Waals surface area contributed by atoms with Crippen LogP contribution in [0.1, 0.15) is 17.0 Å². The molecule has 26 heavy (non-hydrogen) atoms. The fraction of sp³-hybridized carbons (Fsp3) is 0.0476. The third kappa shape index (κ3) is 3.53. The van der Waals surface area contributed by atoms with Crippen molar-refractivity contribution in [1.29, 1.82) is 0 Å². The minimum atomic E-state index is -0.387. The number of aromatic hydroxyl groups is 1. The van der Waals surface area contributed by atoms with Gasteiger partial charge >= 0.3 is 0 Å². The van der Waals surface area contributed by atoms with Gasteiger partial charge in [-0.1, -0.05) is 64.5 Å². The van der Waals surface area contributed by atoms with Crippen LogP contribution >= 0.6 is 15.9 Å². The Hall–Kier alpha value is -2.92. The molecule has 3 aromatic carbocycles. The summed E-state index contributed by atoms with van der Waals surface area (Å²) in [6, 6.07) is 19.5. The van der Waals surface area contributed by atoms with Crippen LogP contribution in [0.15, 0.2) is 83.9 Å². The Kier molecular flexibility index (Phi) is 5.19. The Balaban J connectivity index is 2.31. The lowest BCUT2D eigenvalue weighted by Crippen LogP contribution is -2.03. The van der Waals surface area contributed by atoms with Crippen LogP contribution < -0.4 is 0 Å². The summed E-state index contributed by atoms with van der Waals surface area (Å²) in [6.07, 6.45) is 1.78. The second-order valence-corrected chi connectivity index (χ2v) is 6.73. The molecule has 0 heterocycles. The van der Waals surface area contributed by atoms with Crippen molar-refractivity contribution < 1.29 is 10.0 Å². The number of benzene rings is 3. The molecule has 0 bridgehead atoms. The SMILES string of the molecule is C=CC(c1ccccc1)c1cc(Br)cc([N+](=O)[O-])c1-c1ccc(O)cc1. The predicted molar refractivity (Wildman–Crippen MR) is 106 cm³/mol. The second kappa shape index (κ2) is 7.54. The van der Waals surface area contributed by atoms with Crippen LogP contribution in [0.2, 0.25) is 0 Å². The number of halogens is 1. The zero-order valence-electron chi connectivity index (χ0n) is 13.8. The van der Waals surface area contributed by atoms with Crippen LogP contribution in [-0.2, 0) is 0 Å². The Morgan fingerprint density at radius 1 is 1.08 bits per heavy atom. The van der Waals surface area contributed by atoms with Gasteiger partial charge in [0.05, 0.1) is 10.5 Å². The molecule has 0 saturated heterocycles. The number of hydrogen-bond donors (Lipinski definition) is 1. The van der Waals surface area contributed by atoms with E-state index >= 15 is 0 Å². The van der Waals surface area contributed by atoms with Crippen molar-refractivity contribution in [3.05, 3.63) is 105 Å². The molecule has 0 radical (unpaired) electrons. The molecule has 5 heteroatoms. The highest BCUT2D eigenvalue weighted by atomic mass is 79.9. The first kappa shape index (κ1) is 17.9. The number of allylic oxidation sites excluding steroid dienone is 1. The van der Waals surface area contributed by atoms with Gasteiger partial charge in [-0.25, -0.2) is 0 Å². The zero-order valence-corrected chi connectivity index (χ0v) is 15.4. The van der Waals surface area contributed by atoms with Crippen LogP contribution in [0.5, 0.6) is 5.75 Å². The minimum absolute atomic E-state index is 0.00264. The number of nitro groups is 1. The molecule has 1 atom stereocenters. The van der Waals surface area contributed by atoms with Crippen molar-refractivity contribution in [3.8, 4) is 16.9 Å². The Morgan fingerprint density at radius 2 is 1.73 bits per heavy atom. The van der Waals surface area contributed by atoms with Crippen LogP contribution in [0.3, 0.4) is 0 Å². The quantitative estimate of drug-likeness (QED) is 0.317. The number of nitro benzene ring substituents is 1. The number of rotatable bonds is 5. The zero-order chi connectivity index (χ0) is 18.7. The first-order valence-electron chi connectivity index (χ1n) is 7.96. The number of phenolic OH excluding ortho intramolecular Hbond substituents is 1. The van der Waals surface area contributed by atoms with Gasteiger partial charge in [-0.15, -0.1) is 6.58 Å². The molecule has 0 fully saturated rings. The first-order chi connectivity index (χ1) is 12.5. The molecule has 1 unspecified atom stereocenters. The van der Waals surface area contributed by atoms with E-state index in [-0.39, 0.29) is 22.3 Å². The summed E-state index contributed by atoms with van der Waals surface area (Å²) in [7, 11) is 0. The molecule has 0 saturated carbocycles. The number of hydrogen-bond acceptors (Lipinski definition) is 3. The van der Waals surface area contributed by atoms with Crippen molar-refractivity contribution in [3.63, 3.8) is 0 Å². The average Bonchev–Trinajstić information content (AvgIpc) is 2.64. The summed E-state index contributed by atoms with van der Waals surface area (Å²) in [5.41, 5.74) is 2.96. The summed E-state index contributed by atoms with van der Waals surface area (Å²) in [5, 5.41) is 21.3. The third-order valence-corrected chi connectivity index (χ3v) is 4.65. The third-order valence-electron chi connectivity index (χ3n) is 4.19. The molecule has 0 amide bonds. The Labute approximate surface area is 159 Å². The molecule has 3 aromatic rings. The van der Waals surface area contributed by atoms with Crippen LogP contribution in [0, 0.1) is 10.1 Å². The Bertz CT molecular complexity index is 953. The lowest BCUT2D eigenvalue weighted by atomic mass is 9.85. The average molecular weight is 410 g/mol. The fourth-order valence-corrected chi connectivity index (χ4v) is 3.51. The lowest BCUT2D eigenvalue weighted by Gasteiger charge is -2.19. The van der Waals surface area contributed by atoms with Crippen molar-refractivity contribution >= 4 is 21.6 Å². The molecular formula is C21H16BrNO3. The van der Waals surface area contributed by atoms with E-state index in [9.17, 15) is 15.2 Å². The van der Waals surface area contributed by atoms with E-state index in [0.717, 1.165) is 11.1 Å². The van der Waals surface area contributed by atoms with E-state index in [1.807, 2.05) is 36.4 Å². The lowest BCUT2D eigenvalue weighted by molar-refractivity contribution is -0.384. The summed E-state index contributed by atoms with van der Waals surface area (Å²) in [4.78, 5) is 11.3. The second-order valence-electron chi connectivity index (χ2n) is 5.82. The van der Waals surface area contributed by atoms with Gasteiger partial charge in [0.25, 0.3) is 5.69 Å². The van der Waals surface area contributed by atoms with E-state index in [2.05, 4.69) is 22.5 Å². The van der Waals surface area contributed by atoms with E-state index < -0.39 is 0 Å². The van der Waals surface area contributed by atoms with Crippen LogP contribution in [0.25, 0.3) is 11.1 Å². The largest absolute Gasteiger partial charge is 0.508 e. The molecule has 0 aliphatic carbocycles. The highest BCUT2D eigenvalue weighted by molar-refractivity contribution is 9.10. The van der Waals surface area contributed by atoms with Crippen molar-refractivity contribution in [2.24, 2.45) is 0 Å². The van der Waals surface area contributed by atoms with E-state index in [1.54, 1.807) is 18.2 Å². The van der Waals surface area contributed by atoms with Gasteiger partial charge in [0, 0.05) is 16.5 Å². The molecular weight excluding hydrogens is 394 g/mol. The molecule has 0 aliphatic heterocycles. The minimum Gasteiger partial charge on any atom is -0.508 e. The van der Waals surface area contributed by atoms with E-state index in [4.69, 9.17) is 0 Å². The summed E-state index contributed by atoms with van der Waals surface area (Å²) >= 11 is 3.39. The number of phenols is 1. The smallest absolute Gasteiger partial charge is 0.278 e. The summed E-state index contributed by atoms with van der Waals surface area (Å²) < 4.78 is 0.629. The molecule has 130 valence electrons. The first-order valence-corrected chi connectivity index (χ1v) is 8.75. The monoisotopic (exact) mass is 409 g/mol. The summed E-state index contributed by atoms with van der Waals surface area (Å²) in [6.45, 7) is 3.94.